The second-order valence-corrected chi connectivity index (χ2v) is 4.77. The first-order chi connectivity index (χ1) is 8.88. The van der Waals surface area contributed by atoms with Gasteiger partial charge in [-0.15, -0.1) is 0 Å². The van der Waals surface area contributed by atoms with E-state index in [4.69, 9.17) is 0 Å². The topological polar surface area (TPSA) is 28.2 Å². The second kappa shape index (κ2) is 4.94. The van der Waals surface area contributed by atoms with Gasteiger partial charge in [-0.1, -0.05) is 13.0 Å². The Balaban J connectivity index is 2.09. The zero-order chi connectivity index (χ0) is 12.4. The van der Waals surface area contributed by atoms with Gasteiger partial charge in [0.25, 0.3) is 0 Å². The van der Waals surface area contributed by atoms with Gasteiger partial charge in [0.1, 0.15) is 0 Å². The molecule has 94 valence electrons. The van der Waals surface area contributed by atoms with Crippen LogP contribution in [0.2, 0.25) is 0 Å². The molecule has 1 aliphatic heterocycles. The van der Waals surface area contributed by atoms with Crippen LogP contribution >= 0.6 is 0 Å². The van der Waals surface area contributed by atoms with Crippen LogP contribution in [0.3, 0.4) is 0 Å². The molecule has 2 aromatic rings. The first kappa shape index (κ1) is 11.5. The summed E-state index contributed by atoms with van der Waals surface area (Å²) in [6.45, 7) is 6.49. The van der Waals surface area contributed by atoms with Crippen molar-refractivity contribution in [2.75, 3.05) is 31.1 Å². The Labute approximate surface area is 108 Å². The molecule has 2 heterocycles. The zero-order valence-electron chi connectivity index (χ0n) is 10.8. The predicted octanol–water partition coefficient (Wildman–Crippen LogP) is 2.21. The van der Waals surface area contributed by atoms with Crippen LogP contribution in [0.25, 0.3) is 10.9 Å². The third-order valence-electron chi connectivity index (χ3n) is 3.65. The Hall–Kier alpha value is -1.61. The fraction of sp³-hybridized carbons (Fsp3) is 0.400. The summed E-state index contributed by atoms with van der Waals surface area (Å²) in [5.41, 5.74) is 3.81. The second-order valence-electron chi connectivity index (χ2n) is 4.77. The van der Waals surface area contributed by atoms with E-state index in [0.29, 0.717) is 0 Å². The van der Waals surface area contributed by atoms with Gasteiger partial charge in [-0.25, -0.2) is 0 Å². The van der Waals surface area contributed by atoms with Gasteiger partial charge in [-0.2, -0.15) is 0 Å². The maximum Gasteiger partial charge on any atom is 0.0722 e. The van der Waals surface area contributed by atoms with Gasteiger partial charge < -0.3 is 10.2 Å². The van der Waals surface area contributed by atoms with Crippen molar-refractivity contribution in [3.8, 4) is 0 Å². The minimum Gasteiger partial charge on any atom is -0.368 e. The number of nitrogens with zero attached hydrogens (tertiary/aromatic N) is 2. The summed E-state index contributed by atoms with van der Waals surface area (Å²) in [5, 5.41) is 4.69. The molecule has 3 heteroatoms. The number of anilines is 1. The standard InChI is InChI=1S/C15H19N3/c1-2-12-3-4-14-13(11-12)15(5-6-17-14)18-9-7-16-8-10-18/h3-6,11,16H,2,7-10H2,1H3. The highest BCUT2D eigenvalue weighted by atomic mass is 15.2. The molecule has 1 fully saturated rings. The lowest BCUT2D eigenvalue weighted by Crippen LogP contribution is -2.43. The normalized spacial score (nSPS) is 16.2. The molecule has 1 aromatic heterocycles. The number of pyridine rings is 1. The van der Waals surface area contributed by atoms with Crippen molar-refractivity contribution in [3.05, 3.63) is 36.0 Å². The van der Waals surface area contributed by atoms with Gasteiger partial charge in [0, 0.05) is 43.4 Å². The van der Waals surface area contributed by atoms with Crippen LogP contribution in [0, 0.1) is 0 Å². The van der Waals surface area contributed by atoms with Crippen LogP contribution in [0.1, 0.15) is 12.5 Å². The highest BCUT2D eigenvalue weighted by Gasteiger charge is 2.13. The summed E-state index contributed by atoms with van der Waals surface area (Å²) in [5.74, 6) is 0. The Morgan fingerprint density at radius 3 is 2.83 bits per heavy atom. The lowest BCUT2D eigenvalue weighted by molar-refractivity contribution is 0.590. The van der Waals surface area contributed by atoms with Crippen LogP contribution < -0.4 is 10.2 Å². The zero-order valence-corrected chi connectivity index (χ0v) is 10.8. The maximum atomic E-state index is 4.47. The lowest BCUT2D eigenvalue weighted by atomic mass is 10.1. The molecule has 0 radical (unpaired) electrons. The van der Waals surface area contributed by atoms with E-state index < -0.39 is 0 Å². The monoisotopic (exact) mass is 241 g/mol. The van der Waals surface area contributed by atoms with E-state index in [1.54, 1.807) is 0 Å². The number of benzene rings is 1. The summed E-state index contributed by atoms with van der Waals surface area (Å²) in [7, 11) is 0. The van der Waals surface area contributed by atoms with Crippen LogP contribution in [-0.2, 0) is 6.42 Å². The van der Waals surface area contributed by atoms with Crippen molar-refractivity contribution >= 4 is 16.6 Å². The quantitative estimate of drug-likeness (QED) is 0.873. The number of rotatable bonds is 2. The molecule has 0 spiro atoms. The fourth-order valence-electron chi connectivity index (χ4n) is 2.58. The smallest absolute Gasteiger partial charge is 0.0722 e. The van der Waals surface area contributed by atoms with Crippen molar-refractivity contribution in [2.24, 2.45) is 0 Å². The SMILES string of the molecule is CCc1ccc2nccc(N3CCNCC3)c2c1. The van der Waals surface area contributed by atoms with Gasteiger partial charge in [-0.3, -0.25) is 4.98 Å². The highest BCUT2D eigenvalue weighted by Crippen LogP contribution is 2.26. The van der Waals surface area contributed by atoms with Crippen molar-refractivity contribution in [3.63, 3.8) is 0 Å². The number of aromatic nitrogens is 1. The molecule has 0 saturated carbocycles. The van der Waals surface area contributed by atoms with E-state index in [2.05, 4.69) is 46.4 Å². The average Bonchev–Trinajstić information content (AvgIpc) is 2.47. The summed E-state index contributed by atoms with van der Waals surface area (Å²) in [4.78, 5) is 6.93. The molecule has 1 saturated heterocycles. The van der Waals surface area contributed by atoms with Gasteiger partial charge in [0.05, 0.1) is 5.52 Å². The van der Waals surface area contributed by atoms with Gasteiger partial charge in [-0.05, 0) is 30.2 Å². The van der Waals surface area contributed by atoms with Crippen LogP contribution in [0.15, 0.2) is 30.5 Å². The molecule has 1 aromatic carbocycles. The number of nitrogens with one attached hydrogen (secondary N) is 1. The summed E-state index contributed by atoms with van der Waals surface area (Å²) < 4.78 is 0. The molecular formula is C15H19N3. The number of hydrogen-bond acceptors (Lipinski definition) is 3. The first-order valence-electron chi connectivity index (χ1n) is 6.72. The Kier molecular flexibility index (Phi) is 3.15. The van der Waals surface area contributed by atoms with E-state index in [1.165, 1.54) is 16.6 Å². The minimum absolute atomic E-state index is 1.07. The van der Waals surface area contributed by atoms with Crippen molar-refractivity contribution < 1.29 is 0 Å². The summed E-state index contributed by atoms with van der Waals surface area (Å²) in [6.07, 6.45) is 3.00. The predicted molar refractivity (Wildman–Crippen MR) is 76.2 cm³/mol. The minimum atomic E-state index is 1.07. The molecule has 1 aliphatic rings. The van der Waals surface area contributed by atoms with E-state index >= 15 is 0 Å². The largest absolute Gasteiger partial charge is 0.368 e. The molecule has 0 aliphatic carbocycles. The molecule has 0 atom stereocenters. The van der Waals surface area contributed by atoms with Crippen LogP contribution in [0.5, 0.6) is 0 Å². The lowest BCUT2D eigenvalue weighted by Gasteiger charge is -2.30. The molecule has 18 heavy (non-hydrogen) atoms. The van der Waals surface area contributed by atoms with E-state index in [9.17, 15) is 0 Å². The fourth-order valence-corrected chi connectivity index (χ4v) is 2.58. The Bertz CT molecular complexity index is 544. The third-order valence-corrected chi connectivity index (χ3v) is 3.65. The highest BCUT2D eigenvalue weighted by molar-refractivity contribution is 5.92. The number of piperazine rings is 1. The van der Waals surface area contributed by atoms with Crippen molar-refractivity contribution in [1.29, 1.82) is 0 Å². The van der Waals surface area contributed by atoms with Crippen molar-refractivity contribution in [1.82, 2.24) is 10.3 Å². The van der Waals surface area contributed by atoms with E-state index in [0.717, 1.165) is 38.1 Å². The summed E-state index contributed by atoms with van der Waals surface area (Å²) >= 11 is 0. The molecular weight excluding hydrogens is 222 g/mol. The number of aryl methyl sites for hydroxylation is 1. The van der Waals surface area contributed by atoms with E-state index in [-0.39, 0.29) is 0 Å². The number of fused-ring (bicyclic) bond motifs is 1. The molecule has 1 N–H and O–H groups in total. The summed E-state index contributed by atoms with van der Waals surface area (Å²) in [6, 6.07) is 8.75. The van der Waals surface area contributed by atoms with Gasteiger partial charge in [0.15, 0.2) is 0 Å². The van der Waals surface area contributed by atoms with Crippen LogP contribution in [0.4, 0.5) is 5.69 Å². The molecule has 3 nitrogen and oxygen atoms in total. The van der Waals surface area contributed by atoms with Gasteiger partial charge >= 0.3 is 0 Å². The van der Waals surface area contributed by atoms with Crippen molar-refractivity contribution in [2.45, 2.75) is 13.3 Å². The van der Waals surface area contributed by atoms with E-state index in [1.807, 2.05) is 6.20 Å². The molecule has 3 rings (SSSR count). The molecule has 0 bridgehead atoms. The third kappa shape index (κ3) is 2.06. The first-order valence-corrected chi connectivity index (χ1v) is 6.72. The molecule has 0 unspecified atom stereocenters. The Morgan fingerprint density at radius 2 is 2.06 bits per heavy atom. The van der Waals surface area contributed by atoms with Gasteiger partial charge in [0.2, 0.25) is 0 Å². The average molecular weight is 241 g/mol. The Morgan fingerprint density at radius 1 is 1.22 bits per heavy atom. The maximum absolute atomic E-state index is 4.47. The van der Waals surface area contributed by atoms with Crippen LogP contribution in [-0.4, -0.2) is 31.2 Å². The molecule has 0 amide bonds. The number of hydrogen-bond donors (Lipinski definition) is 1.